The lowest BCUT2D eigenvalue weighted by atomic mass is 9.43. The summed E-state index contributed by atoms with van der Waals surface area (Å²) in [5.41, 5.74) is -5.99. The Morgan fingerprint density at radius 2 is 1.55 bits per heavy atom. The highest BCUT2D eigenvalue weighted by Crippen LogP contribution is 2.68. The van der Waals surface area contributed by atoms with Gasteiger partial charge in [-0.15, -0.1) is 0 Å². The maximum absolute atomic E-state index is 15.5. The summed E-state index contributed by atoms with van der Waals surface area (Å²) >= 11 is 0. The fraction of sp³-hybridized carbons (Fsp3) is 0.712. The Morgan fingerprint density at radius 3 is 2.06 bits per heavy atom. The second-order valence-electron chi connectivity index (χ2n) is 22.7. The minimum absolute atomic E-state index is 0.00424. The Hall–Kier alpha value is -4.29. The molecule has 384 valence electrons. The Kier molecular flexibility index (Phi) is 14.9. The molecule has 3 aliphatic carbocycles. The number of hydrogen-bond donors (Lipinski definition) is 2. The number of carbonyl (C=O) groups excluding carboxylic acids is 5. The third-order valence-corrected chi connectivity index (χ3v) is 21.9. The van der Waals surface area contributed by atoms with E-state index in [0.29, 0.717) is 11.3 Å². The number of esters is 3. The van der Waals surface area contributed by atoms with Crippen LogP contribution in [0.25, 0.3) is 0 Å². The number of alkyl carbamates (subject to hydrolysis) is 1. The number of aliphatic hydroxyl groups is 1. The van der Waals surface area contributed by atoms with Gasteiger partial charge in [0.15, 0.2) is 17.5 Å². The normalized spacial score (nSPS) is 31.1. The molecule has 2 heterocycles. The number of fused-ring (bicyclic) bond motifs is 4. The third kappa shape index (κ3) is 9.05. The van der Waals surface area contributed by atoms with Crippen molar-refractivity contribution in [3.8, 4) is 11.5 Å². The maximum atomic E-state index is 15.5. The molecule has 0 aromatic heterocycles. The first-order valence-corrected chi connectivity index (χ1v) is 26.4. The fourth-order valence-corrected chi connectivity index (χ4v) is 18.2. The van der Waals surface area contributed by atoms with E-state index < -0.39 is 114 Å². The highest BCUT2D eigenvalue weighted by Gasteiger charge is 2.81. The van der Waals surface area contributed by atoms with Gasteiger partial charge in [-0.3, -0.25) is 9.59 Å². The fourth-order valence-electron chi connectivity index (χ4n) is 12.7. The number of amides is 1. The third-order valence-electron chi connectivity index (χ3n) is 15.8. The van der Waals surface area contributed by atoms with E-state index in [1.807, 2.05) is 20.8 Å². The smallest absolute Gasteiger partial charge is 0.408 e. The minimum atomic E-state index is -2.96. The number of methoxy groups -OCH3 is 2. The first kappa shape index (κ1) is 54.0. The van der Waals surface area contributed by atoms with Gasteiger partial charge in [-0.2, -0.15) is 0 Å². The minimum Gasteiger partial charge on any atom is -0.497 e. The number of ether oxygens (including phenoxy) is 8. The Labute approximate surface area is 408 Å². The Balaban J connectivity index is 1.56. The zero-order valence-corrected chi connectivity index (χ0v) is 44.9. The van der Waals surface area contributed by atoms with E-state index in [-0.39, 0.29) is 53.0 Å². The highest BCUT2D eigenvalue weighted by molar-refractivity contribution is 6.77. The van der Waals surface area contributed by atoms with Gasteiger partial charge >= 0.3 is 24.0 Å². The summed E-state index contributed by atoms with van der Waals surface area (Å²) in [6, 6.07) is 3.56. The number of rotatable bonds is 15. The van der Waals surface area contributed by atoms with Crippen molar-refractivity contribution >= 4 is 38.1 Å². The molecule has 2 bridgehead atoms. The number of Topliss-reactive ketones (excluding diaryl/α,β-unsaturated/α-hetero) is 1. The van der Waals surface area contributed by atoms with Crippen molar-refractivity contribution < 1.29 is 71.4 Å². The van der Waals surface area contributed by atoms with E-state index in [4.69, 9.17) is 42.3 Å². The molecule has 11 atom stereocenters. The lowest BCUT2D eigenvalue weighted by Crippen LogP contribution is -2.85. The zero-order chi connectivity index (χ0) is 51.7. The molecule has 2 aliphatic heterocycles. The molecule has 0 unspecified atom stereocenters. The lowest BCUT2D eigenvalue weighted by molar-refractivity contribution is -0.399. The summed E-state index contributed by atoms with van der Waals surface area (Å²) in [6.07, 6.45) is -5.98. The second kappa shape index (κ2) is 19.0. The van der Waals surface area contributed by atoms with Crippen molar-refractivity contribution in [2.75, 3.05) is 20.8 Å². The number of ketones is 1. The standard InChI is InChI=1S/C52H77NO15Si/c1-26(2)21-34(53-47(58)67-48(11,12)13)41(68-69(27(3)4,28(5)6)29(7)8)46(57)63-36-24-52(59)44(65-45(56)33-22-32(60-17)19-20-35(33)61-18)42-50(16)37(23-38-51(42,25-62-38)66-31(10)54)64-43(50)40(55)39(30(36)9)49(52,14)15/h19-22,27-29,34,36-38,41-44,59H,23-25H2,1-18H3,(H,53,58)/t34-,36-,37+,38+,41+,42-,43-,44-,50+,51-,52+/m0/s1. The molecule has 2 N–H and O–H groups in total. The number of benzene rings is 1. The molecule has 2 saturated carbocycles. The van der Waals surface area contributed by atoms with Gasteiger partial charge in [0.05, 0.1) is 38.9 Å². The summed E-state index contributed by atoms with van der Waals surface area (Å²) in [4.78, 5) is 72.7. The first-order valence-electron chi connectivity index (χ1n) is 24.3. The molecule has 2 saturated heterocycles. The van der Waals surface area contributed by atoms with E-state index in [1.165, 1.54) is 27.2 Å². The first-order chi connectivity index (χ1) is 31.9. The lowest BCUT2D eigenvalue weighted by Gasteiger charge is -2.72. The molecule has 16 nitrogen and oxygen atoms in total. The van der Waals surface area contributed by atoms with Crippen LogP contribution in [0.15, 0.2) is 41.0 Å². The second-order valence-corrected chi connectivity index (χ2v) is 28.1. The molecule has 1 amide bonds. The van der Waals surface area contributed by atoms with Gasteiger partial charge in [-0.05, 0) is 81.9 Å². The SMILES string of the molecule is COc1ccc(OC)c(C(=O)O[C@H]2[C@@H]3[C@]4(OC(C)=O)CO[C@@H]4C[C@H]4O[C@@H](C(=O)C5=C(C)[C@@H](OC(=O)[C@H](O[Si](C(C)C)(C(C)C)C(C)C)[C@H](C=C(C)C)NC(=O)OC(C)(C)C)C[C@]2(O)C5(C)C)[C@@]34C)c1. The molecule has 17 heteroatoms. The monoisotopic (exact) mass is 984 g/mol. The molecular formula is C52H77NO15Si. The average Bonchev–Trinajstić information content (AvgIpc) is 3.21. The van der Waals surface area contributed by atoms with Crippen molar-refractivity contribution in [3.63, 3.8) is 0 Å². The molecule has 69 heavy (non-hydrogen) atoms. The van der Waals surface area contributed by atoms with E-state index in [1.54, 1.807) is 59.8 Å². The predicted octanol–water partition coefficient (Wildman–Crippen LogP) is 8.12. The highest BCUT2D eigenvalue weighted by atomic mass is 28.4. The number of nitrogens with one attached hydrogen (secondary N) is 1. The van der Waals surface area contributed by atoms with Crippen LogP contribution in [-0.4, -0.2) is 124 Å². The molecule has 1 aromatic carbocycles. The summed E-state index contributed by atoms with van der Waals surface area (Å²) in [6.45, 7) is 29.5. The van der Waals surface area contributed by atoms with Crippen LogP contribution in [0.5, 0.6) is 11.5 Å². The maximum Gasteiger partial charge on any atom is 0.408 e. The molecule has 1 aromatic rings. The van der Waals surface area contributed by atoms with Crippen molar-refractivity contribution in [2.24, 2.45) is 16.7 Å². The predicted molar refractivity (Wildman–Crippen MR) is 257 cm³/mol. The molecule has 5 aliphatic rings. The molecule has 0 radical (unpaired) electrons. The van der Waals surface area contributed by atoms with Crippen molar-refractivity contribution in [1.29, 1.82) is 0 Å². The van der Waals surface area contributed by atoms with Gasteiger partial charge in [0, 0.05) is 36.2 Å². The summed E-state index contributed by atoms with van der Waals surface area (Å²) < 4.78 is 56.3. The van der Waals surface area contributed by atoms with Gasteiger partial charge in [0.25, 0.3) is 0 Å². The van der Waals surface area contributed by atoms with Crippen molar-refractivity contribution in [1.82, 2.24) is 5.32 Å². The Morgan fingerprint density at radius 1 is 0.928 bits per heavy atom. The Bertz CT molecular complexity index is 2240. The largest absolute Gasteiger partial charge is 0.497 e. The van der Waals surface area contributed by atoms with E-state index in [0.717, 1.165) is 5.57 Å². The summed E-state index contributed by atoms with van der Waals surface area (Å²) in [5.74, 6) is -3.42. The van der Waals surface area contributed by atoms with E-state index in [2.05, 4.69) is 46.9 Å². The number of allylic oxidation sites excluding steroid dienone is 1. The van der Waals surface area contributed by atoms with Crippen molar-refractivity contribution in [3.05, 3.63) is 46.6 Å². The average molecular weight is 984 g/mol. The van der Waals surface area contributed by atoms with Gasteiger partial charge in [-0.1, -0.05) is 74.0 Å². The molecule has 4 fully saturated rings. The van der Waals surface area contributed by atoms with Crippen LogP contribution < -0.4 is 14.8 Å². The number of carbonyl (C=O) groups is 5. The van der Waals surface area contributed by atoms with Crippen LogP contribution in [0.4, 0.5) is 4.79 Å². The summed E-state index contributed by atoms with van der Waals surface area (Å²) in [7, 11) is -0.0967. The molecule has 6 rings (SSSR count). The van der Waals surface area contributed by atoms with E-state index in [9.17, 15) is 19.5 Å². The van der Waals surface area contributed by atoms with Gasteiger partial charge in [0.1, 0.15) is 52.7 Å². The van der Waals surface area contributed by atoms with Gasteiger partial charge < -0.3 is 52.7 Å². The molecular weight excluding hydrogens is 907 g/mol. The van der Waals surface area contributed by atoms with Crippen LogP contribution in [0.1, 0.15) is 134 Å². The van der Waals surface area contributed by atoms with Gasteiger partial charge in [0.2, 0.25) is 8.32 Å². The van der Waals surface area contributed by atoms with Crippen LogP contribution in [0, 0.1) is 16.7 Å². The van der Waals surface area contributed by atoms with E-state index >= 15 is 9.59 Å². The van der Waals surface area contributed by atoms with Crippen LogP contribution in [0.2, 0.25) is 16.6 Å². The summed E-state index contributed by atoms with van der Waals surface area (Å²) in [5, 5.41) is 16.9. The topological polar surface area (TPSA) is 201 Å². The van der Waals surface area contributed by atoms with Crippen LogP contribution in [-0.2, 0) is 47.2 Å². The van der Waals surface area contributed by atoms with Crippen LogP contribution >= 0.6 is 0 Å². The van der Waals surface area contributed by atoms with Crippen LogP contribution in [0.3, 0.4) is 0 Å². The quantitative estimate of drug-likeness (QED) is 0.0738. The number of hydrogen-bond acceptors (Lipinski definition) is 15. The molecule has 0 spiro atoms. The van der Waals surface area contributed by atoms with Crippen molar-refractivity contribution in [2.45, 2.75) is 200 Å². The zero-order valence-electron chi connectivity index (χ0n) is 43.9. The van der Waals surface area contributed by atoms with Gasteiger partial charge in [-0.25, -0.2) is 14.4 Å².